The molecule has 1 saturated heterocycles. The van der Waals surface area contributed by atoms with Crippen molar-refractivity contribution in [3.8, 4) is 0 Å². The number of esters is 1. The average Bonchev–Trinajstić information content (AvgIpc) is 3.29. The van der Waals surface area contributed by atoms with Crippen molar-refractivity contribution >= 4 is 29.4 Å². The summed E-state index contributed by atoms with van der Waals surface area (Å²) in [4.78, 5) is 47.7. The number of amides is 3. The molecule has 0 radical (unpaired) electrons. The van der Waals surface area contributed by atoms with Gasteiger partial charge >= 0.3 is 5.97 Å². The van der Waals surface area contributed by atoms with Gasteiger partial charge in [-0.2, -0.15) is 0 Å². The summed E-state index contributed by atoms with van der Waals surface area (Å²) in [7, 11) is 0. The van der Waals surface area contributed by atoms with Crippen LogP contribution in [-0.2, 0) is 19.1 Å². The zero-order valence-corrected chi connectivity index (χ0v) is 12.4. The van der Waals surface area contributed by atoms with Gasteiger partial charge in [-0.15, -0.1) is 0 Å². The van der Waals surface area contributed by atoms with E-state index in [-0.39, 0.29) is 48.8 Å². The van der Waals surface area contributed by atoms with Gasteiger partial charge in [-0.05, 0) is 37.1 Å². The summed E-state index contributed by atoms with van der Waals surface area (Å²) >= 11 is 0. The van der Waals surface area contributed by atoms with Crippen LogP contribution in [0.1, 0.15) is 36.0 Å². The lowest BCUT2D eigenvalue weighted by atomic mass is 10.2. The maximum atomic E-state index is 11.9. The molecule has 1 saturated carbocycles. The van der Waals surface area contributed by atoms with Gasteiger partial charge in [0.1, 0.15) is 0 Å². The van der Waals surface area contributed by atoms with Gasteiger partial charge in [0, 0.05) is 18.9 Å². The molecule has 0 unspecified atom stereocenters. The van der Waals surface area contributed by atoms with Crippen LogP contribution in [0.5, 0.6) is 0 Å². The van der Waals surface area contributed by atoms with Crippen LogP contribution in [0.3, 0.4) is 0 Å². The SMILES string of the molecule is O=C(COC(=O)c1ccc(N2C(=O)CCC2=O)cc1)NC1CC1. The molecular formula is C16H16N2O5. The van der Waals surface area contributed by atoms with Crippen molar-refractivity contribution < 1.29 is 23.9 Å². The Morgan fingerprint density at radius 2 is 1.70 bits per heavy atom. The van der Waals surface area contributed by atoms with Gasteiger partial charge in [-0.3, -0.25) is 19.3 Å². The van der Waals surface area contributed by atoms with E-state index in [2.05, 4.69) is 5.32 Å². The minimum Gasteiger partial charge on any atom is -0.452 e. The molecule has 0 spiro atoms. The highest BCUT2D eigenvalue weighted by molar-refractivity contribution is 6.19. The Morgan fingerprint density at radius 3 is 2.26 bits per heavy atom. The highest BCUT2D eigenvalue weighted by Gasteiger charge is 2.30. The Morgan fingerprint density at radius 1 is 1.09 bits per heavy atom. The van der Waals surface area contributed by atoms with Crippen molar-refractivity contribution in [2.45, 2.75) is 31.7 Å². The number of imide groups is 1. The second kappa shape index (κ2) is 6.20. The number of carbonyl (C=O) groups is 4. The Balaban J connectivity index is 1.57. The maximum absolute atomic E-state index is 11.9. The summed E-state index contributed by atoms with van der Waals surface area (Å²) in [6, 6.07) is 6.19. The van der Waals surface area contributed by atoms with Gasteiger partial charge in [-0.25, -0.2) is 4.79 Å². The summed E-state index contributed by atoms with van der Waals surface area (Å²) in [6.07, 6.45) is 2.35. The van der Waals surface area contributed by atoms with Crippen LogP contribution in [0.2, 0.25) is 0 Å². The van der Waals surface area contributed by atoms with E-state index in [1.165, 1.54) is 24.3 Å². The number of benzene rings is 1. The summed E-state index contributed by atoms with van der Waals surface area (Å²) in [5.41, 5.74) is 0.688. The van der Waals surface area contributed by atoms with E-state index in [1.807, 2.05) is 0 Å². The summed E-state index contributed by atoms with van der Waals surface area (Å²) in [5, 5.41) is 2.72. The van der Waals surface area contributed by atoms with Crippen molar-refractivity contribution in [3.05, 3.63) is 29.8 Å². The Hall–Kier alpha value is -2.70. The predicted octanol–water partition coefficient (Wildman–Crippen LogP) is 0.775. The fourth-order valence-electron chi connectivity index (χ4n) is 2.32. The molecule has 1 N–H and O–H groups in total. The third-order valence-electron chi connectivity index (χ3n) is 3.69. The fourth-order valence-corrected chi connectivity index (χ4v) is 2.32. The second-order valence-electron chi connectivity index (χ2n) is 5.59. The van der Waals surface area contributed by atoms with E-state index < -0.39 is 5.97 Å². The monoisotopic (exact) mass is 316 g/mol. The van der Waals surface area contributed by atoms with E-state index in [4.69, 9.17) is 4.74 Å². The van der Waals surface area contributed by atoms with Crippen molar-refractivity contribution in [3.63, 3.8) is 0 Å². The second-order valence-corrected chi connectivity index (χ2v) is 5.59. The standard InChI is InChI=1S/C16H16N2O5/c19-13(17-11-3-4-11)9-23-16(22)10-1-5-12(6-2-10)18-14(20)7-8-15(18)21/h1-2,5-6,11H,3-4,7-9H2,(H,17,19). The molecule has 2 aliphatic rings. The Kier molecular flexibility index (Phi) is 4.10. The Labute approximate surface area is 132 Å². The van der Waals surface area contributed by atoms with Gasteiger partial charge in [0.25, 0.3) is 5.91 Å². The third-order valence-corrected chi connectivity index (χ3v) is 3.69. The smallest absolute Gasteiger partial charge is 0.338 e. The van der Waals surface area contributed by atoms with Gasteiger partial charge in [-0.1, -0.05) is 0 Å². The molecule has 1 aliphatic carbocycles. The van der Waals surface area contributed by atoms with Gasteiger partial charge in [0.05, 0.1) is 11.3 Å². The van der Waals surface area contributed by atoms with E-state index in [1.54, 1.807) is 0 Å². The lowest BCUT2D eigenvalue weighted by Gasteiger charge is -2.14. The normalized spacial score (nSPS) is 17.3. The summed E-state index contributed by atoms with van der Waals surface area (Å²) in [5.74, 6) is -1.43. The first-order chi connectivity index (χ1) is 11.0. The van der Waals surface area contributed by atoms with Gasteiger partial charge in [0.2, 0.25) is 11.8 Å². The number of nitrogens with one attached hydrogen (secondary N) is 1. The van der Waals surface area contributed by atoms with Crippen LogP contribution in [0.25, 0.3) is 0 Å². The van der Waals surface area contributed by atoms with Crippen molar-refractivity contribution in [2.75, 3.05) is 11.5 Å². The first-order valence-electron chi connectivity index (χ1n) is 7.47. The first-order valence-corrected chi connectivity index (χ1v) is 7.47. The molecule has 0 bridgehead atoms. The molecular weight excluding hydrogens is 300 g/mol. The highest BCUT2D eigenvalue weighted by atomic mass is 16.5. The molecule has 0 atom stereocenters. The van der Waals surface area contributed by atoms with Crippen LogP contribution in [-0.4, -0.2) is 36.3 Å². The van der Waals surface area contributed by atoms with Crippen LogP contribution in [0, 0.1) is 0 Å². The molecule has 2 fully saturated rings. The third kappa shape index (κ3) is 3.56. The fraction of sp³-hybridized carbons (Fsp3) is 0.375. The Bertz CT molecular complexity index is 648. The quantitative estimate of drug-likeness (QED) is 0.640. The predicted molar refractivity (Wildman–Crippen MR) is 79.6 cm³/mol. The molecule has 3 amide bonds. The number of hydrogen-bond acceptors (Lipinski definition) is 5. The van der Waals surface area contributed by atoms with Crippen molar-refractivity contribution in [1.29, 1.82) is 0 Å². The van der Waals surface area contributed by atoms with Crippen LogP contribution < -0.4 is 10.2 Å². The zero-order valence-electron chi connectivity index (χ0n) is 12.4. The number of carbonyl (C=O) groups excluding carboxylic acids is 4. The topological polar surface area (TPSA) is 92.8 Å². The molecule has 23 heavy (non-hydrogen) atoms. The number of anilines is 1. The van der Waals surface area contributed by atoms with E-state index in [9.17, 15) is 19.2 Å². The largest absolute Gasteiger partial charge is 0.452 e. The average molecular weight is 316 g/mol. The van der Waals surface area contributed by atoms with Crippen molar-refractivity contribution in [1.82, 2.24) is 5.32 Å². The van der Waals surface area contributed by atoms with E-state index >= 15 is 0 Å². The minimum absolute atomic E-state index is 0.207. The molecule has 0 aromatic heterocycles. The van der Waals surface area contributed by atoms with E-state index in [0.717, 1.165) is 17.7 Å². The minimum atomic E-state index is -0.624. The number of ether oxygens (including phenoxy) is 1. The van der Waals surface area contributed by atoms with Crippen LogP contribution in [0.15, 0.2) is 24.3 Å². The zero-order chi connectivity index (χ0) is 16.4. The molecule has 1 aliphatic heterocycles. The van der Waals surface area contributed by atoms with Crippen LogP contribution in [0.4, 0.5) is 5.69 Å². The lowest BCUT2D eigenvalue weighted by Crippen LogP contribution is -2.30. The molecule has 1 aromatic carbocycles. The molecule has 7 heteroatoms. The first kappa shape index (κ1) is 15.2. The van der Waals surface area contributed by atoms with Crippen LogP contribution >= 0.6 is 0 Å². The summed E-state index contributed by atoms with van der Waals surface area (Å²) < 4.78 is 4.93. The number of hydrogen-bond donors (Lipinski definition) is 1. The molecule has 1 heterocycles. The number of nitrogens with zero attached hydrogens (tertiary/aromatic N) is 1. The lowest BCUT2D eigenvalue weighted by molar-refractivity contribution is -0.124. The molecule has 3 rings (SSSR count). The van der Waals surface area contributed by atoms with E-state index in [0.29, 0.717) is 5.69 Å². The number of rotatable bonds is 5. The molecule has 7 nitrogen and oxygen atoms in total. The molecule has 1 aromatic rings. The maximum Gasteiger partial charge on any atom is 0.338 e. The van der Waals surface area contributed by atoms with Gasteiger partial charge in [0.15, 0.2) is 6.61 Å². The van der Waals surface area contributed by atoms with Gasteiger partial charge < -0.3 is 10.1 Å². The van der Waals surface area contributed by atoms with Crippen molar-refractivity contribution in [2.24, 2.45) is 0 Å². The highest BCUT2D eigenvalue weighted by Crippen LogP contribution is 2.23. The summed E-state index contributed by atoms with van der Waals surface area (Å²) in [6.45, 7) is -0.319. The molecule has 120 valence electrons.